The third kappa shape index (κ3) is 2.97. The monoisotopic (exact) mass is 371 g/mol. The van der Waals surface area contributed by atoms with Gasteiger partial charge >= 0.3 is 0 Å². The molecule has 0 aromatic carbocycles. The molecule has 2 rings (SSSR count). The molecule has 0 aliphatic carbocycles. The summed E-state index contributed by atoms with van der Waals surface area (Å²) in [6, 6.07) is 4.05. The number of rotatable bonds is 2. The van der Waals surface area contributed by atoms with E-state index >= 15 is 0 Å². The smallest absolute Gasteiger partial charge is 0.260 e. The predicted molar refractivity (Wildman–Crippen MR) is 77.7 cm³/mol. The highest BCUT2D eigenvalue weighted by molar-refractivity contribution is 14.1. The van der Waals surface area contributed by atoms with Crippen molar-refractivity contribution in [3.05, 3.63) is 21.4 Å². The van der Waals surface area contributed by atoms with Gasteiger partial charge in [-0.3, -0.25) is 4.79 Å². The summed E-state index contributed by atoms with van der Waals surface area (Å²) in [5.74, 6) is 0.365. The van der Waals surface area contributed by atoms with Crippen molar-refractivity contribution in [2.75, 3.05) is 20.2 Å². The first-order valence-electron chi connectivity index (χ1n) is 6.04. The van der Waals surface area contributed by atoms with E-state index in [0.29, 0.717) is 24.5 Å². The van der Waals surface area contributed by atoms with Crippen molar-refractivity contribution in [2.24, 2.45) is 5.92 Å². The van der Waals surface area contributed by atoms with Gasteiger partial charge in [-0.1, -0.05) is 0 Å². The van der Waals surface area contributed by atoms with Gasteiger partial charge in [0, 0.05) is 28.8 Å². The summed E-state index contributed by atoms with van der Waals surface area (Å²) in [4.78, 5) is 18.4. The summed E-state index contributed by atoms with van der Waals surface area (Å²) in [5, 5.41) is 8.87. The number of halogens is 1. The predicted octanol–water partition coefficient (Wildman–Crippen LogP) is 2.07. The first kappa shape index (κ1) is 14.1. The maximum atomic E-state index is 12.5. The lowest BCUT2D eigenvalue weighted by Gasteiger charge is -2.29. The molecule has 5 nitrogen and oxygen atoms in total. The summed E-state index contributed by atoms with van der Waals surface area (Å²) in [6.07, 6.45) is 3.10. The topological polar surface area (TPSA) is 66.2 Å². The maximum absolute atomic E-state index is 12.5. The molecule has 6 heteroatoms. The molecular formula is C13H14IN3O2. The molecule has 0 radical (unpaired) electrons. The number of nitrogens with zero attached hydrogens (tertiary/aromatic N) is 3. The van der Waals surface area contributed by atoms with Crippen molar-refractivity contribution in [3.8, 4) is 11.9 Å². The van der Waals surface area contributed by atoms with Crippen LogP contribution in [0.1, 0.15) is 23.2 Å². The highest BCUT2D eigenvalue weighted by atomic mass is 127. The molecule has 2 heterocycles. The van der Waals surface area contributed by atoms with Crippen LogP contribution >= 0.6 is 22.6 Å². The number of aromatic nitrogens is 1. The van der Waals surface area contributed by atoms with Crippen molar-refractivity contribution >= 4 is 28.5 Å². The van der Waals surface area contributed by atoms with Crippen molar-refractivity contribution in [1.82, 2.24) is 9.88 Å². The van der Waals surface area contributed by atoms with Gasteiger partial charge < -0.3 is 9.64 Å². The first-order valence-corrected chi connectivity index (χ1v) is 7.12. The zero-order valence-corrected chi connectivity index (χ0v) is 12.8. The van der Waals surface area contributed by atoms with Crippen molar-refractivity contribution in [2.45, 2.75) is 12.8 Å². The Bertz CT molecular complexity index is 519. The highest BCUT2D eigenvalue weighted by Crippen LogP contribution is 2.25. The first-order chi connectivity index (χ1) is 9.17. The van der Waals surface area contributed by atoms with E-state index in [1.165, 1.54) is 7.11 Å². The molecule has 0 saturated carbocycles. The Morgan fingerprint density at radius 1 is 1.58 bits per heavy atom. The second-order valence-corrected chi connectivity index (χ2v) is 5.53. The number of methoxy groups -OCH3 is 1. The Morgan fingerprint density at radius 2 is 2.26 bits per heavy atom. The summed E-state index contributed by atoms with van der Waals surface area (Å²) < 4.78 is 6.00. The third-order valence-electron chi connectivity index (χ3n) is 3.24. The van der Waals surface area contributed by atoms with Crippen LogP contribution in [0.4, 0.5) is 0 Å². The molecule has 19 heavy (non-hydrogen) atoms. The molecule has 0 unspecified atom stereocenters. The van der Waals surface area contributed by atoms with E-state index in [1.807, 2.05) is 0 Å². The zero-order chi connectivity index (χ0) is 13.8. The molecule has 0 N–H and O–H groups in total. The molecule has 0 spiro atoms. The van der Waals surface area contributed by atoms with Crippen LogP contribution in [0.25, 0.3) is 0 Å². The molecule has 1 fully saturated rings. The van der Waals surface area contributed by atoms with Crippen LogP contribution in [0.3, 0.4) is 0 Å². The van der Waals surface area contributed by atoms with E-state index in [4.69, 9.17) is 10.00 Å². The fourth-order valence-electron chi connectivity index (χ4n) is 2.14. The van der Waals surface area contributed by atoms with Crippen LogP contribution in [0.15, 0.2) is 12.3 Å². The van der Waals surface area contributed by atoms with E-state index in [2.05, 4.69) is 33.6 Å². The average molecular weight is 371 g/mol. The fraction of sp³-hybridized carbons (Fsp3) is 0.462. The van der Waals surface area contributed by atoms with Crippen LogP contribution in [0.2, 0.25) is 0 Å². The number of carbonyl (C=O) groups is 1. The summed E-state index contributed by atoms with van der Waals surface area (Å²) in [5.41, 5.74) is 0.515. The normalized spacial score (nSPS) is 15.9. The van der Waals surface area contributed by atoms with E-state index in [1.54, 1.807) is 17.2 Å². The third-order valence-corrected chi connectivity index (χ3v) is 4.14. The molecular weight excluding hydrogens is 357 g/mol. The van der Waals surface area contributed by atoms with Gasteiger partial charge in [0.25, 0.3) is 5.91 Å². The lowest BCUT2D eigenvalue weighted by molar-refractivity contribution is 0.0702. The molecule has 1 amide bonds. The van der Waals surface area contributed by atoms with E-state index in [9.17, 15) is 4.79 Å². The number of carbonyl (C=O) groups excluding carboxylic acids is 1. The fourth-order valence-corrected chi connectivity index (χ4v) is 2.76. The Labute approximate surface area is 125 Å². The van der Waals surface area contributed by atoms with Crippen LogP contribution < -0.4 is 4.74 Å². The Balaban J connectivity index is 2.19. The van der Waals surface area contributed by atoms with Gasteiger partial charge in [0.1, 0.15) is 5.56 Å². The molecule has 1 aliphatic rings. The number of hydrogen-bond donors (Lipinski definition) is 0. The minimum absolute atomic E-state index is 0.0641. The second kappa shape index (κ2) is 6.19. The number of amides is 1. The van der Waals surface area contributed by atoms with E-state index in [-0.39, 0.29) is 11.8 Å². The molecule has 1 aliphatic heterocycles. The van der Waals surface area contributed by atoms with Gasteiger partial charge in [0.2, 0.25) is 5.88 Å². The summed E-state index contributed by atoms with van der Waals surface area (Å²) in [7, 11) is 1.51. The quantitative estimate of drug-likeness (QED) is 0.747. The number of nitriles is 1. The molecule has 0 bridgehead atoms. The molecule has 100 valence electrons. The van der Waals surface area contributed by atoms with E-state index in [0.717, 1.165) is 16.4 Å². The standard InChI is InChI=1S/C13H14IN3O2/c1-19-12-11(10(14)2-5-16-12)13(18)17-6-3-9(8-15)4-7-17/h2,5,9H,3-4,6-7H2,1H3. The molecule has 0 atom stereocenters. The van der Waals surface area contributed by atoms with Gasteiger partial charge in [-0.25, -0.2) is 4.98 Å². The number of ether oxygens (including phenoxy) is 1. The Kier molecular flexibility index (Phi) is 4.58. The number of likely N-dealkylation sites (tertiary alicyclic amines) is 1. The Hall–Kier alpha value is -1.36. The number of pyridine rings is 1. The minimum atomic E-state index is -0.0641. The highest BCUT2D eigenvalue weighted by Gasteiger charge is 2.27. The van der Waals surface area contributed by atoms with Crippen LogP contribution in [0, 0.1) is 20.8 Å². The van der Waals surface area contributed by atoms with Crippen LogP contribution in [-0.4, -0.2) is 36.0 Å². The second-order valence-electron chi connectivity index (χ2n) is 4.37. The Morgan fingerprint density at radius 3 is 2.84 bits per heavy atom. The van der Waals surface area contributed by atoms with Crippen molar-refractivity contribution in [1.29, 1.82) is 5.26 Å². The van der Waals surface area contributed by atoms with Crippen LogP contribution in [0.5, 0.6) is 5.88 Å². The lowest BCUT2D eigenvalue weighted by atomic mass is 9.98. The largest absolute Gasteiger partial charge is 0.480 e. The van der Waals surface area contributed by atoms with Gasteiger partial charge in [-0.15, -0.1) is 0 Å². The minimum Gasteiger partial charge on any atom is -0.480 e. The maximum Gasteiger partial charge on any atom is 0.260 e. The number of hydrogen-bond acceptors (Lipinski definition) is 4. The van der Waals surface area contributed by atoms with Gasteiger partial charge in [0.15, 0.2) is 0 Å². The van der Waals surface area contributed by atoms with Crippen molar-refractivity contribution in [3.63, 3.8) is 0 Å². The van der Waals surface area contributed by atoms with Crippen LogP contribution in [-0.2, 0) is 0 Å². The van der Waals surface area contributed by atoms with Gasteiger partial charge in [0.05, 0.1) is 13.2 Å². The van der Waals surface area contributed by atoms with Gasteiger partial charge in [-0.05, 0) is 41.5 Å². The lowest BCUT2D eigenvalue weighted by Crippen LogP contribution is -2.38. The summed E-state index contributed by atoms with van der Waals surface area (Å²) >= 11 is 2.11. The molecule has 1 aromatic rings. The number of piperidine rings is 1. The molecule has 1 saturated heterocycles. The summed E-state index contributed by atoms with van der Waals surface area (Å²) in [6.45, 7) is 1.23. The zero-order valence-electron chi connectivity index (χ0n) is 10.6. The van der Waals surface area contributed by atoms with E-state index < -0.39 is 0 Å². The van der Waals surface area contributed by atoms with Gasteiger partial charge in [-0.2, -0.15) is 5.26 Å². The SMILES string of the molecule is COc1nccc(I)c1C(=O)N1CCC(C#N)CC1. The molecule has 1 aromatic heterocycles. The van der Waals surface area contributed by atoms with Crippen molar-refractivity contribution < 1.29 is 9.53 Å². The average Bonchev–Trinajstić information content (AvgIpc) is 2.46.